The second-order valence-corrected chi connectivity index (χ2v) is 10.9. The zero-order valence-electron chi connectivity index (χ0n) is 19.0. The van der Waals surface area contributed by atoms with Crippen LogP contribution in [0.25, 0.3) is 0 Å². The number of rotatable bonds is 7. The summed E-state index contributed by atoms with van der Waals surface area (Å²) < 4.78 is 27.7. The molecule has 0 spiro atoms. The summed E-state index contributed by atoms with van der Waals surface area (Å²) in [7, 11) is -3.49. The predicted molar refractivity (Wildman–Crippen MR) is 126 cm³/mol. The van der Waals surface area contributed by atoms with Gasteiger partial charge in [-0.1, -0.05) is 55.3 Å². The molecule has 0 aromatic heterocycles. The van der Waals surface area contributed by atoms with Crippen molar-refractivity contribution in [2.45, 2.75) is 57.0 Å². The van der Waals surface area contributed by atoms with E-state index in [-0.39, 0.29) is 12.1 Å². The summed E-state index contributed by atoms with van der Waals surface area (Å²) >= 11 is 0. The smallest absolute Gasteiger partial charge is 0.320 e. The van der Waals surface area contributed by atoms with Crippen LogP contribution in [0.15, 0.2) is 53.4 Å². The van der Waals surface area contributed by atoms with Crippen LogP contribution in [-0.4, -0.2) is 60.8 Å². The van der Waals surface area contributed by atoms with Crippen LogP contribution in [-0.2, 0) is 23.0 Å². The number of hydrogen-bond donors (Lipinski definition) is 0. The maximum absolute atomic E-state index is 13.1. The lowest BCUT2D eigenvalue weighted by molar-refractivity contribution is 0.153. The summed E-state index contributed by atoms with van der Waals surface area (Å²) in [4.78, 5) is 17.2. The van der Waals surface area contributed by atoms with Gasteiger partial charge >= 0.3 is 6.03 Å². The highest BCUT2D eigenvalue weighted by molar-refractivity contribution is 7.89. The molecular formula is C25H33N3O3S. The van der Waals surface area contributed by atoms with Crippen molar-refractivity contribution in [1.29, 1.82) is 0 Å². The zero-order valence-corrected chi connectivity index (χ0v) is 19.9. The Morgan fingerprint density at radius 2 is 1.66 bits per heavy atom. The Kier molecular flexibility index (Phi) is 6.86. The molecule has 7 heteroatoms. The minimum Gasteiger partial charge on any atom is -0.320 e. The number of amides is 2. The maximum Gasteiger partial charge on any atom is 0.320 e. The standard InChI is InChI=1S/C25H33N3O3S/c1-3-5-21-8-10-24(11-9-21)32(30,31)27-14-12-23(13-15-27)28-17-16-26(25(28)29)19-22-7-4-6-20(2)18-22/h4,6-11,18,23H,3,5,12-17,19H2,1-2H3. The summed E-state index contributed by atoms with van der Waals surface area (Å²) in [5, 5.41) is 0. The highest BCUT2D eigenvalue weighted by Crippen LogP contribution is 2.26. The topological polar surface area (TPSA) is 60.9 Å². The molecule has 4 rings (SSSR count). The van der Waals surface area contributed by atoms with Gasteiger partial charge in [-0.15, -0.1) is 0 Å². The quantitative estimate of drug-likeness (QED) is 0.633. The Balaban J connectivity index is 1.34. The number of sulfonamides is 1. The first-order valence-corrected chi connectivity index (χ1v) is 13.0. The first-order chi connectivity index (χ1) is 15.4. The van der Waals surface area contributed by atoms with Crippen LogP contribution in [0.4, 0.5) is 4.79 Å². The van der Waals surface area contributed by atoms with Crippen molar-refractivity contribution in [2.75, 3.05) is 26.2 Å². The first kappa shape index (κ1) is 22.8. The molecule has 32 heavy (non-hydrogen) atoms. The minimum atomic E-state index is -3.49. The Bertz CT molecular complexity index is 1040. The van der Waals surface area contributed by atoms with E-state index in [4.69, 9.17) is 0 Å². The summed E-state index contributed by atoms with van der Waals surface area (Å²) in [5.41, 5.74) is 3.50. The van der Waals surface area contributed by atoms with Gasteiger partial charge in [0.15, 0.2) is 0 Å². The van der Waals surface area contributed by atoms with Gasteiger partial charge in [-0.3, -0.25) is 0 Å². The van der Waals surface area contributed by atoms with Gasteiger partial charge in [-0.05, 0) is 49.4 Å². The Morgan fingerprint density at radius 1 is 0.938 bits per heavy atom. The number of aryl methyl sites for hydroxylation is 2. The van der Waals surface area contributed by atoms with Crippen molar-refractivity contribution in [3.63, 3.8) is 0 Å². The highest BCUT2D eigenvalue weighted by Gasteiger charge is 2.37. The van der Waals surface area contributed by atoms with E-state index in [0.29, 0.717) is 43.9 Å². The third-order valence-electron chi connectivity index (χ3n) is 6.55. The van der Waals surface area contributed by atoms with Gasteiger partial charge in [0.2, 0.25) is 10.0 Å². The maximum atomic E-state index is 13.1. The molecule has 0 N–H and O–H groups in total. The summed E-state index contributed by atoms with van der Waals surface area (Å²) in [6.45, 7) is 7.12. The third-order valence-corrected chi connectivity index (χ3v) is 8.46. The number of urea groups is 1. The fourth-order valence-corrected chi connectivity index (χ4v) is 6.25. The lowest BCUT2D eigenvalue weighted by Crippen LogP contribution is -2.47. The van der Waals surface area contributed by atoms with E-state index < -0.39 is 10.0 Å². The number of nitrogens with zero attached hydrogens (tertiary/aromatic N) is 3. The molecule has 2 heterocycles. The molecule has 0 atom stereocenters. The fourth-order valence-electron chi connectivity index (χ4n) is 4.78. The van der Waals surface area contributed by atoms with Crippen LogP contribution in [0.3, 0.4) is 0 Å². The molecule has 0 aliphatic carbocycles. The van der Waals surface area contributed by atoms with E-state index in [2.05, 4.69) is 32.0 Å². The lowest BCUT2D eigenvalue weighted by Gasteiger charge is -2.36. The molecule has 2 aromatic carbocycles. The second-order valence-electron chi connectivity index (χ2n) is 8.92. The van der Waals surface area contributed by atoms with E-state index >= 15 is 0 Å². The molecule has 2 amide bonds. The third kappa shape index (κ3) is 4.84. The van der Waals surface area contributed by atoms with Crippen molar-refractivity contribution < 1.29 is 13.2 Å². The van der Waals surface area contributed by atoms with Gasteiger partial charge in [-0.2, -0.15) is 4.31 Å². The monoisotopic (exact) mass is 455 g/mol. The van der Waals surface area contributed by atoms with E-state index in [1.165, 1.54) is 5.56 Å². The number of benzene rings is 2. The molecule has 2 aliphatic heterocycles. The second kappa shape index (κ2) is 9.63. The Morgan fingerprint density at radius 3 is 2.31 bits per heavy atom. The van der Waals surface area contributed by atoms with Crippen LogP contribution >= 0.6 is 0 Å². The number of carbonyl (C=O) groups is 1. The molecule has 6 nitrogen and oxygen atoms in total. The number of hydrogen-bond acceptors (Lipinski definition) is 3. The van der Waals surface area contributed by atoms with Gasteiger partial charge < -0.3 is 9.80 Å². The molecule has 2 aliphatic rings. The van der Waals surface area contributed by atoms with Crippen molar-refractivity contribution in [3.05, 3.63) is 65.2 Å². The Hall–Kier alpha value is -2.38. The van der Waals surface area contributed by atoms with Crippen molar-refractivity contribution in [3.8, 4) is 0 Å². The molecule has 0 unspecified atom stereocenters. The van der Waals surface area contributed by atoms with Crippen molar-refractivity contribution >= 4 is 16.1 Å². The molecule has 172 valence electrons. The van der Waals surface area contributed by atoms with Crippen LogP contribution in [0.5, 0.6) is 0 Å². The number of piperidine rings is 1. The first-order valence-electron chi connectivity index (χ1n) is 11.6. The summed E-state index contributed by atoms with van der Waals surface area (Å²) in [5.74, 6) is 0. The fraction of sp³-hybridized carbons (Fsp3) is 0.480. The normalized spacial score (nSPS) is 18.5. The van der Waals surface area contributed by atoms with Gasteiger partial charge in [0.05, 0.1) is 4.90 Å². The van der Waals surface area contributed by atoms with Gasteiger partial charge in [-0.25, -0.2) is 13.2 Å². The molecule has 0 radical (unpaired) electrons. The van der Waals surface area contributed by atoms with Crippen molar-refractivity contribution in [1.82, 2.24) is 14.1 Å². The van der Waals surface area contributed by atoms with Crippen LogP contribution < -0.4 is 0 Å². The minimum absolute atomic E-state index is 0.0688. The average molecular weight is 456 g/mol. The van der Waals surface area contributed by atoms with E-state index in [9.17, 15) is 13.2 Å². The molecule has 2 fully saturated rings. The van der Waals surface area contributed by atoms with Gasteiger partial charge in [0, 0.05) is 38.8 Å². The van der Waals surface area contributed by atoms with Crippen molar-refractivity contribution in [2.24, 2.45) is 0 Å². The zero-order chi connectivity index (χ0) is 22.7. The number of carbonyl (C=O) groups excluding carboxylic acids is 1. The largest absolute Gasteiger partial charge is 0.320 e. The summed E-state index contributed by atoms with van der Waals surface area (Å²) in [6, 6.07) is 15.7. The molecule has 0 saturated carbocycles. The molecule has 2 aromatic rings. The molecule has 0 bridgehead atoms. The Labute approximate surface area is 191 Å². The van der Waals surface area contributed by atoms with E-state index in [1.54, 1.807) is 16.4 Å². The van der Waals surface area contributed by atoms with Gasteiger partial charge in [0.1, 0.15) is 0 Å². The van der Waals surface area contributed by atoms with Gasteiger partial charge in [0.25, 0.3) is 0 Å². The molecule has 2 saturated heterocycles. The van der Waals surface area contributed by atoms with E-state index in [1.807, 2.05) is 28.0 Å². The van der Waals surface area contributed by atoms with E-state index in [0.717, 1.165) is 30.5 Å². The summed E-state index contributed by atoms with van der Waals surface area (Å²) in [6.07, 6.45) is 3.35. The van der Waals surface area contributed by atoms with Crippen LogP contribution in [0, 0.1) is 6.92 Å². The van der Waals surface area contributed by atoms with Crippen LogP contribution in [0.1, 0.15) is 42.9 Å². The highest BCUT2D eigenvalue weighted by atomic mass is 32.2. The van der Waals surface area contributed by atoms with Crippen LogP contribution in [0.2, 0.25) is 0 Å². The molecular weight excluding hydrogens is 422 g/mol. The predicted octanol–water partition coefficient (Wildman–Crippen LogP) is 4.04. The SMILES string of the molecule is CCCc1ccc(S(=O)(=O)N2CCC(N3CCN(Cc4cccc(C)c4)C3=O)CC2)cc1. The average Bonchev–Trinajstić information content (AvgIpc) is 3.14. The lowest BCUT2D eigenvalue weighted by atomic mass is 10.1.